The van der Waals surface area contributed by atoms with Gasteiger partial charge in [-0.15, -0.1) is 0 Å². The van der Waals surface area contributed by atoms with Crippen molar-refractivity contribution in [3.8, 4) is 0 Å². The molecule has 74 valence electrons. The third-order valence-electron chi connectivity index (χ3n) is 2.19. The standard InChI is InChI=1S/C9H16ClN3/c1-4-7(2)11-6-8-5-9(10)12-13(8)3/h5,7,11H,4,6H2,1-3H3. The molecule has 1 N–H and O–H groups in total. The van der Waals surface area contributed by atoms with E-state index in [2.05, 4.69) is 24.3 Å². The summed E-state index contributed by atoms with van der Waals surface area (Å²) in [6, 6.07) is 2.42. The lowest BCUT2D eigenvalue weighted by Gasteiger charge is -2.10. The number of rotatable bonds is 4. The van der Waals surface area contributed by atoms with E-state index in [1.165, 1.54) is 0 Å². The first-order valence-electron chi connectivity index (χ1n) is 4.55. The smallest absolute Gasteiger partial charge is 0.151 e. The molecule has 13 heavy (non-hydrogen) atoms. The molecule has 0 amide bonds. The first-order chi connectivity index (χ1) is 6.13. The van der Waals surface area contributed by atoms with Gasteiger partial charge in [0.15, 0.2) is 5.15 Å². The average Bonchev–Trinajstić information content (AvgIpc) is 2.41. The van der Waals surface area contributed by atoms with Gasteiger partial charge in [0, 0.05) is 19.6 Å². The third-order valence-corrected chi connectivity index (χ3v) is 2.38. The molecule has 0 spiro atoms. The molecule has 0 radical (unpaired) electrons. The Bertz CT molecular complexity index is 270. The lowest BCUT2D eigenvalue weighted by Crippen LogP contribution is -2.25. The van der Waals surface area contributed by atoms with Crippen molar-refractivity contribution in [2.24, 2.45) is 7.05 Å². The Morgan fingerprint density at radius 3 is 2.85 bits per heavy atom. The van der Waals surface area contributed by atoms with Gasteiger partial charge in [-0.05, 0) is 19.4 Å². The van der Waals surface area contributed by atoms with Crippen molar-refractivity contribution in [3.63, 3.8) is 0 Å². The summed E-state index contributed by atoms with van der Waals surface area (Å²) >= 11 is 5.76. The Morgan fingerprint density at radius 1 is 1.69 bits per heavy atom. The number of hydrogen-bond acceptors (Lipinski definition) is 2. The number of halogens is 1. The van der Waals surface area contributed by atoms with E-state index in [1.54, 1.807) is 4.68 Å². The molecule has 1 atom stereocenters. The van der Waals surface area contributed by atoms with Gasteiger partial charge in [0.2, 0.25) is 0 Å². The molecular formula is C9H16ClN3. The maximum absolute atomic E-state index is 5.76. The maximum Gasteiger partial charge on any atom is 0.151 e. The normalized spacial score (nSPS) is 13.2. The number of nitrogens with zero attached hydrogens (tertiary/aromatic N) is 2. The highest BCUT2D eigenvalue weighted by Crippen LogP contribution is 2.08. The van der Waals surface area contributed by atoms with E-state index in [0.29, 0.717) is 11.2 Å². The van der Waals surface area contributed by atoms with Gasteiger partial charge in [-0.1, -0.05) is 18.5 Å². The summed E-state index contributed by atoms with van der Waals surface area (Å²) in [6.45, 7) is 5.15. The average molecular weight is 202 g/mol. The molecule has 0 aliphatic heterocycles. The molecule has 0 aliphatic carbocycles. The molecule has 0 aliphatic rings. The largest absolute Gasteiger partial charge is 0.309 e. The summed E-state index contributed by atoms with van der Waals surface area (Å²) in [6.07, 6.45) is 1.13. The molecule has 0 aromatic carbocycles. The summed E-state index contributed by atoms with van der Waals surface area (Å²) in [5, 5.41) is 8.00. The SMILES string of the molecule is CCC(C)NCc1cc(Cl)nn1C. The van der Waals surface area contributed by atoms with Crippen LogP contribution in [-0.4, -0.2) is 15.8 Å². The highest BCUT2D eigenvalue weighted by atomic mass is 35.5. The minimum absolute atomic E-state index is 0.536. The second-order valence-corrected chi connectivity index (χ2v) is 3.66. The van der Waals surface area contributed by atoms with Gasteiger partial charge in [0.1, 0.15) is 0 Å². The van der Waals surface area contributed by atoms with E-state index in [9.17, 15) is 0 Å². The molecule has 4 heteroatoms. The molecule has 1 heterocycles. The van der Waals surface area contributed by atoms with Gasteiger partial charge in [0.25, 0.3) is 0 Å². The Hall–Kier alpha value is -0.540. The van der Waals surface area contributed by atoms with Crippen LogP contribution in [0.1, 0.15) is 26.0 Å². The molecule has 1 aromatic heterocycles. The minimum atomic E-state index is 0.536. The lowest BCUT2D eigenvalue weighted by molar-refractivity contribution is 0.516. The predicted octanol–water partition coefficient (Wildman–Crippen LogP) is 1.96. The van der Waals surface area contributed by atoms with E-state index in [0.717, 1.165) is 18.7 Å². The van der Waals surface area contributed by atoms with Gasteiger partial charge in [-0.3, -0.25) is 4.68 Å². The van der Waals surface area contributed by atoms with E-state index < -0.39 is 0 Å². The molecule has 1 rings (SSSR count). The molecule has 0 saturated carbocycles. The van der Waals surface area contributed by atoms with Crippen molar-refractivity contribution in [3.05, 3.63) is 16.9 Å². The van der Waals surface area contributed by atoms with Crippen LogP contribution < -0.4 is 5.32 Å². The summed E-state index contributed by atoms with van der Waals surface area (Å²) < 4.78 is 1.80. The lowest BCUT2D eigenvalue weighted by atomic mass is 10.2. The van der Waals surface area contributed by atoms with Crippen LogP contribution in [0.2, 0.25) is 5.15 Å². The van der Waals surface area contributed by atoms with E-state index in [4.69, 9.17) is 11.6 Å². The van der Waals surface area contributed by atoms with Crippen molar-refractivity contribution in [2.75, 3.05) is 0 Å². The molecular weight excluding hydrogens is 186 g/mol. The zero-order chi connectivity index (χ0) is 9.84. The Morgan fingerprint density at radius 2 is 2.38 bits per heavy atom. The van der Waals surface area contributed by atoms with Gasteiger partial charge >= 0.3 is 0 Å². The van der Waals surface area contributed by atoms with E-state index in [-0.39, 0.29) is 0 Å². The zero-order valence-corrected chi connectivity index (χ0v) is 9.10. The molecule has 1 aromatic rings. The van der Waals surface area contributed by atoms with Crippen LogP contribution in [0.15, 0.2) is 6.07 Å². The summed E-state index contributed by atoms with van der Waals surface area (Å²) in [5.74, 6) is 0. The van der Waals surface area contributed by atoms with Crippen LogP contribution in [0, 0.1) is 0 Å². The van der Waals surface area contributed by atoms with Crippen molar-refractivity contribution >= 4 is 11.6 Å². The Balaban J connectivity index is 2.49. The molecule has 0 fully saturated rings. The summed E-state index contributed by atoms with van der Waals surface area (Å²) in [5.41, 5.74) is 1.12. The Kier molecular flexibility index (Phi) is 3.75. The van der Waals surface area contributed by atoms with Gasteiger partial charge in [-0.2, -0.15) is 5.10 Å². The number of aryl methyl sites for hydroxylation is 1. The highest BCUT2D eigenvalue weighted by Gasteiger charge is 2.03. The fourth-order valence-corrected chi connectivity index (χ4v) is 1.30. The van der Waals surface area contributed by atoms with Gasteiger partial charge < -0.3 is 5.32 Å². The predicted molar refractivity (Wildman–Crippen MR) is 54.8 cm³/mol. The van der Waals surface area contributed by atoms with Crippen LogP contribution in [0.25, 0.3) is 0 Å². The second-order valence-electron chi connectivity index (χ2n) is 3.27. The van der Waals surface area contributed by atoms with E-state index >= 15 is 0 Å². The number of nitrogens with one attached hydrogen (secondary N) is 1. The van der Waals surface area contributed by atoms with Crippen molar-refractivity contribution in [1.82, 2.24) is 15.1 Å². The third kappa shape index (κ3) is 3.01. The molecule has 1 unspecified atom stereocenters. The first-order valence-corrected chi connectivity index (χ1v) is 4.93. The van der Waals surface area contributed by atoms with Crippen LogP contribution >= 0.6 is 11.6 Å². The van der Waals surface area contributed by atoms with E-state index in [1.807, 2.05) is 13.1 Å². The molecule has 3 nitrogen and oxygen atoms in total. The minimum Gasteiger partial charge on any atom is -0.309 e. The zero-order valence-electron chi connectivity index (χ0n) is 8.34. The quantitative estimate of drug-likeness (QED) is 0.807. The summed E-state index contributed by atoms with van der Waals surface area (Å²) in [4.78, 5) is 0. The highest BCUT2D eigenvalue weighted by molar-refractivity contribution is 6.29. The molecule has 0 bridgehead atoms. The van der Waals surface area contributed by atoms with Crippen LogP contribution in [0.3, 0.4) is 0 Å². The van der Waals surface area contributed by atoms with Gasteiger partial charge in [-0.25, -0.2) is 0 Å². The van der Waals surface area contributed by atoms with Crippen molar-refractivity contribution < 1.29 is 0 Å². The maximum atomic E-state index is 5.76. The summed E-state index contributed by atoms with van der Waals surface area (Å²) in [7, 11) is 1.90. The van der Waals surface area contributed by atoms with Crippen LogP contribution in [0.5, 0.6) is 0 Å². The second kappa shape index (κ2) is 4.63. The van der Waals surface area contributed by atoms with Crippen molar-refractivity contribution in [2.45, 2.75) is 32.9 Å². The van der Waals surface area contributed by atoms with Crippen LogP contribution in [0.4, 0.5) is 0 Å². The topological polar surface area (TPSA) is 29.9 Å². The first kappa shape index (κ1) is 10.5. The monoisotopic (exact) mass is 201 g/mol. The fourth-order valence-electron chi connectivity index (χ4n) is 1.06. The number of hydrogen-bond donors (Lipinski definition) is 1. The van der Waals surface area contributed by atoms with Gasteiger partial charge in [0.05, 0.1) is 5.69 Å². The molecule has 0 saturated heterocycles. The number of aromatic nitrogens is 2. The van der Waals surface area contributed by atoms with Crippen molar-refractivity contribution in [1.29, 1.82) is 0 Å². The Labute approximate surface area is 84.1 Å². The van der Waals surface area contributed by atoms with Crippen LogP contribution in [-0.2, 0) is 13.6 Å². The fraction of sp³-hybridized carbons (Fsp3) is 0.667.